The average Bonchev–Trinajstić information content (AvgIpc) is 2.32. The van der Waals surface area contributed by atoms with E-state index in [4.69, 9.17) is 34.8 Å². The van der Waals surface area contributed by atoms with E-state index < -0.39 is 3.79 Å². The molecule has 0 N–H and O–H groups in total. The van der Waals surface area contributed by atoms with Crippen molar-refractivity contribution in [2.75, 3.05) is 0 Å². The molecule has 0 saturated heterocycles. The van der Waals surface area contributed by atoms with E-state index in [1.54, 1.807) is 11.6 Å². The van der Waals surface area contributed by atoms with Gasteiger partial charge in [0, 0.05) is 11.6 Å². The fourth-order valence-corrected chi connectivity index (χ4v) is 1.03. The Morgan fingerprint density at radius 3 is 2.73 bits per heavy atom. The van der Waals surface area contributed by atoms with Gasteiger partial charge in [-0.1, -0.05) is 34.8 Å². The molecule has 1 aromatic heterocycles. The van der Waals surface area contributed by atoms with Gasteiger partial charge < -0.3 is 0 Å². The van der Waals surface area contributed by atoms with Crippen LogP contribution in [0.15, 0.2) is 16.6 Å². The normalized spacial score (nSPS) is 12.6. The summed E-state index contributed by atoms with van der Waals surface area (Å²) >= 11 is 17.6. The maximum atomic E-state index is 5.41. The lowest BCUT2D eigenvalue weighted by Gasteiger charge is -1.99. The van der Waals surface area contributed by atoms with E-state index in [1.807, 2.05) is 0 Å². The molecule has 0 saturated carbocycles. The standard InChI is InChI=1S/C5H3Cl3N2S/c6-5(7,8)3-10-4-9-1-2-11-4/h1-3H/b10-3+. The second-order valence-electron chi connectivity index (χ2n) is 1.61. The van der Waals surface area contributed by atoms with Crippen molar-refractivity contribution in [2.24, 2.45) is 4.99 Å². The number of rotatable bonds is 1. The van der Waals surface area contributed by atoms with Gasteiger partial charge in [0.1, 0.15) is 0 Å². The first kappa shape index (κ1) is 9.26. The Morgan fingerprint density at radius 2 is 2.27 bits per heavy atom. The Balaban J connectivity index is 2.63. The van der Waals surface area contributed by atoms with Crippen molar-refractivity contribution in [2.45, 2.75) is 3.79 Å². The molecule has 0 fully saturated rings. The Labute approximate surface area is 82.8 Å². The molecule has 0 atom stereocenters. The molecule has 0 aliphatic carbocycles. The van der Waals surface area contributed by atoms with Crippen LogP contribution in [-0.2, 0) is 0 Å². The predicted octanol–water partition coefficient (Wildman–Crippen LogP) is 3.22. The number of halogens is 3. The van der Waals surface area contributed by atoms with E-state index >= 15 is 0 Å². The zero-order valence-corrected chi connectivity index (χ0v) is 8.25. The van der Waals surface area contributed by atoms with Gasteiger partial charge in [-0.25, -0.2) is 9.98 Å². The van der Waals surface area contributed by atoms with Gasteiger partial charge in [0.15, 0.2) is 0 Å². The minimum absolute atomic E-state index is 0.580. The number of alkyl halides is 3. The third-order valence-electron chi connectivity index (χ3n) is 0.741. The van der Waals surface area contributed by atoms with Crippen molar-refractivity contribution in [3.05, 3.63) is 11.6 Å². The Morgan fingerprint density at radius 1 is 1.55 bits per heavy atom. The van der Waals surface area contributed by atoms with Crippen LogP contribution in [-0.4, -0.2) is 15.0 Å². The molecule has 11 heavy (non-hydrogen) atoms. The van der Waals surface area contributed by atoms with Gasteiger partial charge in [-0.15, -0.1) is 11.3 Å². The molecule has 1 aromatic rings. The van der Waals surface area contributed by atoms with Crippen molar-refractivity contribution in [3.8, 4) is 0 Å². The number of aliphatic imine (C=N–C) groups is 1. The van der Waals surface area contributed by atoms with Gasteiger partial charge in [0.05, 0.1) is 6.21 Å². The second kappa shape index (κ2) is 3.72. The van der Waals surface area contributed by atoms with Gasteiger partial charge in [0.2, 0.25) is 8.92 Å². The summed E-state index contributed by atoms with van der Waals surface area (Å²) in [7, 11) is 0. The number of aromatic nitrogens is 1. The van der Waals surface area contributed by atoms with Crippen LogP contribution < -0.4 is 0 Å². The highest BCUT2D eigenvalue weighted by molar-refractivity contribution is 7.13. The van der Waals surface area contributed by atoms with E-state index in [-0.39, 0.29) is 0 Å². The molecule has 6 heteroatoms. The van der Waals surface area contributed by atoms with Crippen LogP contribution in [0.2, 0.25) is 0 Å². The molecule has 60 valence electrons. The summed E-state index contributed by atoms with van der Waals surface area (Å²) in [6.45, 7) is 0. The number of hydrogen-bond acceptors (Lipinski definition) is 3. The molecule has 0 unspecified atom stereocenters. The molecule has 0 bridgehead atoms. The predicted molar refractivity (Wildman–Crippen MR) is 50.6 cm³/mol. The minimum Gasteiger partial charge on any atom is -0.228 e. The molecule has 0 aromatic carbocycles. The van der Waals surface area contributed by atoms with E-state index in [0.717, 1.165) is 0 Å². The van der Waals surface area contributed by atoms with Crippen molar-refractivity contribution < 1.29 is 0 Å². The monoisotopic (exact) mass is 228 g/mol. The van der Waals surface area contributed by atoms with E-state index in [9.17, 15) is 0 Å². The van der Waals surface area contributed by atoms with E-state index in [2.05, 4.69) is 9.98 Å². The summed E-state index contributed by atoms with van der Waals surface area (Å²) in [5.74, 6) is 0. The van der Waals surface area contributed by atoms with Crippen LogP contribution in [0.5, 0.6) is 0 Å². The average molecular weight is 230 g/mol. The Bertz CT molecular complexity index is 239. The molecule has 1 heterocycles. The highest BCUT2D eigenvalue weighted by Gasteiger charge is 2.15. The first-order valence-corrected chi connectivity index (χ1v) is 4.61. The lowest BCUT2D eigenvalue weighted by molar-refractivity contribution is 1.35. The van der Waals surface area contributed by atoms with Crippen LogP contribution in [0.25, 0.3) is 0 Å². The summed E-state index contributed by atoms with van der Waals surface area (Å²) in [5, 5.41) is 2.38. The summed E-state index contributed by atoms with van der Waals surface area (Å²) in [6, 6.07) is 0. The Kier molecular flexibility index (Phi) is 3.13. The first-order valence-electron chi connectivity index (χ1n) is 2.59. The summed E-state index contributed by atoms with van der Waals surface area (Å²) in [4.78, 5) is 7.69. The van der Waals surface area contributed by atoms with Gasteiger partial charge in [-0.05, 0) is 0 Å². The number of nitrogens with zero attached hydrogens (tertiary/aromatic N) is 2. The third kappa shape index (κ3) is 3.91. The SMILES string of the molecule is ClC(Cl)(Cl)/C=N/c1nccs1. The molecule has 0 spiro atoms. The summed E-state index contributed by atoms with van der Waals surface area (Å²) < 4.78 is -1.44. The van der Waals surface area contributed by atoms with Gasteiger partial charge in [-0.3, -0.25) is 0 Å². The van der Waals surface area contributed by atoms with Crippen LogP contribution in [0, 0.1) is 0 Å². The topological polar surface area (TPSA) is 25.2 Å². The van der Waals surface area contributed by atoms with Gasteiger partial charge >= 0.3 is 0 Å². The first-order chi connectivity index (χ1) is 5.08. The zero-order chi connectivity index (χ0) is 8.32. The quantitative estimate of drug-likeness (QED) is 0.536. The molecule has 2 nitrogen and oxygen atoms in total. The Hall–Kier alpha value is 0.170. The van der Waals surface area contributed by atoms with Crippen LogP contribution in [0.3, 0.4) is 0 Å². The number of hydrogen-bond donors (Lipinski definition) is 0. The van der Waals surface area contributed by atoms with Crippen molar-refractivity contribution in [3.63, 3.8) is 0 Å². The smallest absolute Gasteiger partial charge is 0.226 e. The zero-order valence-electron chi connectivity index (χ0n) is 5.17. The van der Waals surface area contributed by atoms with Crippen LogP contribution >= 0.6 is 46.1 Å². The molecule has 1 rings (SSSR count). The molecule has 0 radical (unpaired) electrons. The lowest BCUT2D eigenvalue weighted by Crippen LogP contribution is -2.01. The van der Waals surface area contributed by atoms with Crippen LogP contribution in [0.4, 0.5) is 5.13 Å². The fraction of sp³-hybridized carbons (Fsp3) is 0.200. The molecular formula is C5H3Cl3N2S. The highest BCUT2D eigenvalue weighted by atomic mass is 35.6. The van der Waals surface area contributed by atoms with E-state index in [1.165, 1.54) is 17.6 Å². The van der Waals surface area contributed by atoms with E-state index in [0.29, 0.717) is 5.13 Å². The summed E-state index contributed by atoms with van der Waals surface area (Å²) in [5.41, 5.74) is 0. The molecular weight excluding hydrogens is 226 g/mol. The molecule has 0 amide bonds. The number of thiazole rings is 1. The van der Waals surface area contributed by atoms with Crippen molar-refractivity contribution >= 4 is 57.5 Å². The largest absolute Gasteiger partial charge is 0.228 e. The second-order valence-corrected chi connectivity index (χ2v) is 4.86. The summed E-state index contributed by atoms with van der Waals surface area (Å²) in [6.07, 6.45) is 2.85. The highest BCUT2D eigenvalue weighted by Crippen LogP contribution is 2.25. The van der Waals surface area contributed by atoms with Crippen LogP contribution in [0.1, 0.15) is 0 Å². The van der Waals surface area contributed by atoms with Gasteiger partial charge in [0.25, 0.3) is 0 Å². The van der Waals surface area contributed by atoms with Crippen molar-refractivity contribution in [1.82, 2.24) is 4.98 Å². The molecule has 0 aliphatic rings. The van der Waals surface area contributed by atoms with Crippen molar-refractivity contribution in [1.29, 1.82) is 0 Å². The maximum Gasteiger partial charge on any atom is 0.226 e. The minimum atomic E-state index is -1.44. The molecule has 0 aliphatic heterocycles. The maximum absolute atomic E-state index is 5.41. The fourth-order valence-electron chi connectivity index (χ4n) is 0.408. The third-order valence-corrected chi connectivity index (χ3v) is 1.71. The van der Waals surface area contributed by atoms with Gasteiger partial charge in [-0.2, -0.15) is 0 Å². The lowest BCUT2D eigenvalue weighted by atomic mass is 10.8.